The van der Waals surface area contributed by atoms with Gasteiger partial charge in [0, 0.05) is 37.0 Å². The second-order valence-electron chi connectivity index (χ2n) is 14.7. The summed E-state index contributed by atoms with van der Waals surface area (Å²) in [4.78, 5) is 27.7. The highest BCUT2D eigenvalue weighted by molar-refractivity contribution is 5.84. The minimum Gasteiger partial charge on any atom is -0.467 e. The van der Waals surface area contributed by atoms with Gasteiger partial charge in [-0.2, -0.15) is 0 Å². The number of benzene rings is 5. The van der Waals surface area contributed by atoms with Gasteiger partial charge in [0.05, 0.1) is 32.0 Å². The van der Waals surface area contributed by atoms with Crippen LogP contribution in [0.3, 0.4) is 0 Å². The minimum atomic E-state index is -0.837. The summed E-state index contributed by atoms with van der Waals surface area (Å²) >= 11 is 0. The first-order chi connectivity index (χ1) is 27.6. The highest BCUT2D eigenvalue weighted by atomic mass is 16.7. The first-order valence-electron chi connectivity index (χ1n) is 19.4. The lowest BCUT2D eigenvalue weighted by molar-refractivity contribution is -0.276. The van der Waals surface area contributed by atoms with Crippen molar-refractivity contribution in [1.82, 2.24) is 15.5 Å². The van der Waals surface area contributed by atoms with Gasteiger partial charge in [-0.1, -0.05) is 140 Å². The summed E-state index contributed by atoms with van der Waals surface area (Å²) in [6.45, 7) is 4.92. The van der Waals surface area contributed by atoms with Gasteiger partial charge in [-0.05, 0) is 52.9 Å². The minimum absolute atomic E-state index is 0.0261. The molecule has 5 aromatic carbocycles. The Kier molecular flexibility index (Phi) is 14.2. The quantitative estimate of drug-likeness (QED) is 0.0819. The molecule has 0 radical (unpaired) electrons. The Morgan fingerprint density at radius 1 is 0.807 bits per heavy atom. The lowest BCUT2D eigenvalue weighted by atomic mass is 9.89. The number of nitrogens with zero attached hydrogens (tertiary/aromatic N) is 1. The molecule has 298 valence electrons. The molecule has 10 heteroatoms. The van der Waals surface area contributed by atoms with Crippen LogP contribution < -0.4 is 10.6 Å². The number of rotatable bonds is 15. The van der Waals surface area contributed by atoms with Crippen LogP contribution in [0, 0.1) is 5.92 Å². The van der Waals surface area contributed by atoms with Gasteiger partial charge in [0.15, 0.2) is 6.29 Å². The maximum Gasteiger partial charge on any atom is 0.328 e. The molecule has 1 aliphatic heterocycles. The fourth-order valence-corrected chi connectivity index (χ4v) is 7.29. The van der Waals surface area contributed by atoms with Crippen molar-refractivity contribution in [3.05, 3.63) is 167 Å². The molecule has 4 N–H and O–H groups in total. The highest BCUT2D eigenvalue weighted by Gasteiger charge is 2.39. The van der Waals surface area contributed by atoms with Crippen LogP contribution in [0.15, 0.2) is 133 Å². The zero-order valence-corrected chi connectivity index (χ0v) is 33.0. The molecule has 1 aliphatic rings. The van der Waals surface area contributed by atoms with Crippen molar-refractivity contribution in [2.45, 2.75) is 70.1 Å². The van der Waals surface area contributed by atoms with Crippen LogP contribution in [0.2, 0.25) is 0 Å². The number of esters is 1. The van der Waals surface area contributed by atoms with Gasteiger partial charge in [0.1, 0.15) is 6.04 Å². The van der Waals surface area contributed by atoms with Crippen molar-refractivity contribution < 1.29 is 34.0 Å². The van der Waals surface area contributed by atoms with E-state index in [-0.39, 0.29) is 37.3 Å². The van der Waals surface area contributed by atoms with Gasteiger partial charge in [-0.15, -0.1) is 0 Å². The molecule has 1 heterocycles. The summed E-state index contributed by atoms with van der Waals surface area (Å²) < 4.78 is 18.4. The molecule has 0 spiro atoms. The van der Waals surface area contributed by atoms with Crippen LogP contribution in [0.4, 0.5) is 4.79 Å². The average Bonchev–Trinajstić information content (AvgIpc) is 3.26. The van der Waals surface area contributed by atoms with Crippen molar-refractivity contribution in [1.29, 1.82) is 0 Å². The number of aliphatic hydroxyl groups excluding tert-OH is 2. The maximum absolute atomic E-state index is 13.0. The second kappa shape index (κ2) is 19.7. The molecule has 5 aromatic rings. The zero-order valence-electron chi connectivity index (χ0n) is 33.0. The van der Waals surface area contributed by atoms with Gasteiger partial charge < -0.3 is 35.1 Å². The van der Waals surface area contributed by atoms with Crippen LogP contribution in [0.25, 0.3) is 11.1 Å². The monoisotopic (exact) mass is 771 g/mol. The maximum atomic E-state index is 13.0. The van der Waals surface area contributed by atoms with Crippen molar-refractivity contribution in [2.24, 2.45) is 5.92 Å². The van der Waals surface area contributed by atoms with E-state index in [0.717, 1.165) is 44.5 Å². The first kappa shape index (κ1) is 41.3. The number of nitrogens with one attached hydrogen (secondary N) is 2. The Bertz CT molecular complexity index is 2030. The van der Waals surface area contributed by atoms with Gasteiger partial charge >= 0.3 is 12.0 Å². The molecule has 0 aromatic heterocycles. The lowest BCUT2D eigenvalue weighted by Gasteiger charge is -2.43. The fourth-order valence-electron chi connectivity index (χ4n) is 7.29. The third-order valence-electron chi connectivity index (χ3n) is 10.9. The molecule has 6 rings (SSSR count). The smallest absolute Gasteiger partial charge is 0.328 e. The van der Waals surface area contributed by atoms with E-state index >= 15 is 0 Å². The van der Waals surface area contributed by atoms with Crippen molar-refractivity contribution in [3.63, 3.8) is 0 Å². The highest BCUT2D eigenvalue weighted by Crippen LogP contribution is 2.42. The SMILES string of the molecule is COC(=O)[C@H](Cc1ccccc1)NC(=O)NCc1ccccc1-c1ccc([C@@H]2O[C@H](CN(C)[C@H](C)[C@@H](O)c3ccccc3)[C@H](C)[C@H](c3ccc(CO)cc3)O2)cc1. The van der Waals surface area contributed by atoms with Gasteiger partial charge in [0.2, 0.25) is 0 Å². The molecule has 0 aliphatic carbocycles. The molecular formula is C47H53N3O7. The number of ether oxygens (including phenoxy) is 3. The molecule has 10 nitrogen and oxygen atoms in total. The third kappa shape index (κ3) is 10.5. The zero-order chi connectivity index (χ0) is 40.3. The number of aliphatic hydroxyl groups is 2. The van der Waals surface area contributed by atoms with E-state index in [9.17, 15) is 19.8 Å². The summed E-state index contributed by atoms with van der Waals surface area (Å²) in [7, 11) is 3.32. The molecule has 7 atom stereocenters. The number of methoxy groups -OCH3 is 1. The Morgan fingerprint density at radius 3 is 2.11 bits per heavy atom. The van der Waals surface area contributed by atoms with Crippen LogP contribution in [0.1, 0.15) is 65.7 Å². The molecule has 57 heavy (non-hydrogen) atoms. The molecule has 0 saturated carbocycles. The number of hydrogen-bond donors (Lipinski definition) is 4. The van der Waals surface area contributed by atoms with E-state index in [0.29, 0.717) is 13.0 Å². The summed E-state index contributed by atoms with van der Waals surface area (Å²) in [6, 6.07) is 41.4. The predicted molar refractivity (Wildman–Crippen MR) is 220 cm³/mol. The molecule has 1 fully saturated rings. The summed E-state index contributed by atoms with van der Waals surface area (Å²) in [5, 5.41) is 26.6. The molecule has 1 saturated heterocycles. The Labute approximate surface area is 335 Å². The van der Waals surface area contributed by atoms with Crippen LogP contribution >= 0.6 is 0 Å². The van der Waals surface area contributed by atoms with Crippen LogP contribution in [-0.2, 0) is 38.6 Å². The van der Waals surface area contributed by atoms with E-state index in [1.54, 1.807) is 0 Å². The third-order valence-corrected chi connectivity index (χ3v) is 10.9. The Balaban J connectivity index is 1.17. The fraction of sp³-hybridized carbons (Fsp3) is 0.319. The van der Waals surface area contributed by atoms with E-state index in [1.165, 1.54) is 7.11 Å². The topological polar surface area (TPSA) is 130 Å². The summed E-state index contributed by atoms with van der Waals surface area (Å²) in [5.74, 6) is -0.544. The number of urea groups is 1. The van der Waals surface area contributed by atoms with Gasteiger partial charge in [-0.3, -0.25) is 4.90 Å². The number of hydrogen-bond acceptors (Lipinski definition) is 8. The number of carbonyl (C=O) groups excluding carboxylic acids is 2. The number of carbonyl (C=O) groups is 2. The number of likely N-dealkylation sites (N-methyl/N-ethyl adjacent to an activating group) is 1. The Hall–Kier alpha value is -5.36. The standard InChI is InChI=1S/C47H53N3O7/c1-31-42(29-50(3)32(2)43(52)36-15-9-6-10-16-36)56-46(57-44(31)37-21-19-34(30-51)20-22-37)38-25-23-35(24-26-38)40-18-12-11-17-39(40)28-48-47(54)49-41(45(53)55-4)27-33-13-7-5-8-14-33/h5-26,31-32,41-44,46,51-52H,27-30H2,1-4H3,(H2,48,49,54)/t31-,32+,41-,42+,43+,44+,46+/m0/s1. The largest absolute Gasteiger partial charge is 0.467 e. The average molecular weight is 772 g/mol. The second-order valence-corrected chi connectivity index (χ2v) is 14.7. The number of amides is 2. The molecule has 2 amide bonds. The predicted octanol–water partition coefficient (Wildman–Crippen LogP) is 7.27. The normalized spacial score (nSPS) is 19.6. The van der Waals surface area contributed by atoms with E-state index in [4.69, 9.17) is 14.2 Å². The summed E-state index contributed by atoms with van der Waals surface area (Å²) in [5.41, 5.74) is 7.26. The van der Waals surface area contributed by atoms with Gasteiger partial charge in [-0.25, -0.2) is 9.59 Å². The van der Waals surface area contributed by atoms with Crippen molar-refractivity contribution in [2.75, 3.05) is 20.7 Å². The van der Waals surface area contributed by atoms with E-state index in [1.807, 2.05) is 147 Å². The molecule has 0 unspecified atom stereocenters. The van der Waals surface area contributed by atoms with Crippen LogP contribution in [-0.4, -0.2) is 66.0 Å². The van der Waals surface area contributed by atoms with E-state index in [2.05, 4.69) is 22.5 Å². The first-order valence-corrected chi connectivity index (χ1v) is 19.4. The Morgan fingerprint density at radius 2 is 1.44 bits per heavy atom. The lowest BCUT2D eigenvalue weighted by Crippen LogP contribution is -2.47. The molecule has 0 bridgehead atoms. The summed E-state index contributed by atoms with van der Waals surface area (Å²) in [6.07, 6.45) is -1.54. The van der Waals surface area contributed by atoms with E-state index < -0.39 is 30.4 Å². The van der Waals surface area contributed by atoms with Crippen LogP contribution in [0.5, 0.6) is 0 Å². The molecular weight excluding hydrogens is 719 g/mol. The van der Waals surface area contributed by atoms with Crippen molar-refractivity contribution in [3.8, 4) is 11.1 Å². The van der Waals surface area contributed by atoms with Gasteiger partial charge in [0.25, 0.3) is 0 Å². The van der Waals surface area contributed by atoms with Crippen molar-refractivity contribution >= 4 is 12.0 Å².